The minimum absolute atomic E-state index is 0.0319. The standard InChI is InChI=1S/C17H17F3O2/c1-2-13-7-3-4-9-16(13,15(21)22)11-12-6-5-8-14(10-12)17(18,19)20/h2,5-8,10H,1,3-4,9,11H2,(H,21,22). The number of carboxylic acids is 1. The summed E-state index contributed by atoms with van der Waals surface area (Å²) in [6.45, 7) is 3.65. The molecular weight excluding hydrogens is 293 g/mol. The summed E-state index contributed by atoms with van der Waals surface area (Å²) in [7, 11) is 0. The monoisotopic (exact) mass is 310 g/mol. The van der Waals surface area contributed by atoms with Gasteiger partial charge in [-0.15, -0.1) is 0 Å². The van der Waals surface area contributed by atoms with E-state index in [0.29, 0.717) is 24.0 Å². The highest BCUT2D eigenvalue weighted by atomic mass is 19.4. The Kier molecular flexibility index (Phi) is 4.44. The Bertz CT molecular complexity index is 617. The molecule has 0 heterocycles. The molecule has 1 N–H and O–H groups in total. The molecule has 1 unspecified atom stereocenters. The summed E-state index contributed by atoms with van der Waals surface area (Å²) in [5.41, 5.74) is -0.995. The van der Waals surface area contributed by atoms with Crippen molar-refractivity contribution in [3.05, 3.63) is 59.7 Å². The Morgan fingerprint density at radius 3 is 2.73 bits per heavy atom. The van der Waals surface area contributed by atoms with Gasteiger partial charge in [-0.25, -0.2) is 0 Å². The van der Waals surface area contributed by atoms with Gasteiger partial charge in [-0.1, -0.05) is 36.9 Å². The molecule has 5 heteroatoms. The summed E-state index contributed by atoms with van der Waals surface area (Å²) < 4.78 is 38.4. The molecule has 0 spiro atoms. The van der Waals surface area contributed by atoms with Crippen LogP contribution in [0.5, 0.6) is 0 Å². The van der Waals surface area contributed by atoms with Gasteiger partial charge < -0.3 is 5.11 Å². The van der Waals surface area contributed by atoms with Crippen molar-refractivity contribution in [2.75, 3.05) is 0 Å². The Morgan fingerprint density at radius 1 is 1.41 bits per heavy atom. The molecule has 2 rings (SSSR count). The first kappa shape index (κ1) is 16.3. The highest BCUT2D eigenvalue weighted by molar-refractivity contribution is 5.80. The number of benzene rings is 1. The van der Waals surface area contributed by atoms with Gasteiger partial charge in [0.25, 0.3) is 0 Å². The normalized spacial score (nSPS) is 22.0. The lowest BCUT2D eigenvalue weighted by Gasteiger charge is -2.34. The summed E-state index contributed by atoms with van der Waals surface area (Å²) >= 11 is 0. The Morgan fingerprint density at radius 2 is 2.14 bits per heavy atom. The number of hydrogen-bond acceptors (Lipinski definition) is 1. The van der Waals surface area contributed by atoms with Gasteiger partial charge in [0, 0.05) is 0 Å². The van der Waals surface area contributed by atoms with Crippen LogP contribution in [0.4, 0.5) is 13.2 Å². The first-order valence-corrected chi connectivity index (χ1v) is 7.02. The Balaban J connectivity index is 2.41. The van der Waals surface area contributed by atoms with Crippen LogP contribution in [-0.2, 0) is 17.4 Å². The molecule has 0 radical (unpaired) electrons. The minimum atomic E-state index is -4.43. The van der Waals surface area contributed by atoms with E-state index in [1.54, 1.807) is 0 Å². The molecule has 22 heavy (non-hydrogen) atoms. The number of hydrogen-bond donors (Lipinski definition) is 1. The fourth-order valence-corrected chi connectivity index (χ4v) is 2.98. The predicted molar refractivity (Wildman–Crippen MR) is 77.3 cm³/mol. The number of aliphatic carboxylic acids is 1. The SMILES string of the molecule is C=CC1=CCCCC1(Cc1cccc(C(F)(F)F)c1)C(=O)O. The van der Waals surface area contributed by atoms with Gasteiger partial charge in [0.1, 0.15) is 0 Å². The van der Waals surface area contributed by atoms with Crippen LogP contribution in [0, 0.1) is 5.41 Å². The zero-order valence-electron chi connectivity index (χ0n) is 12.0. The fourth-order valence-electron chi connectivity index (χ4n) is 2.98. The van der Waals surface area contributed by atoms with E-state index in [1.165, 1.54) is 18.2 Å². The lowest BCUT2D eigenvalue weighted by Crippen LogP contribution is -2.36. The van der Waals surface area contributed by atoms with Crippen LogP contribution in [0.1, 0.15) is 30.4 Å². The molecule has 0 saturated carbocycles. The van der Waals surface area contributed by atoms with E-state index >= 15 is 0 Å². The zero-order valence-corrected chi connectivity index (χ0v) is 12.0. The fraction of sp³-hybridized carbons (Fsp3) is 0.353. The predicted octanol–water partition coefficient (Wildman–Crippen LogP) is 4.62. The third-order valence-electron chi connectivity index (χ3n) is 4.11. The number of carbonyl (C=O) groups is 1. The van der Waals surface area contributed by atoms with Crippen LogP contribution in [0.2, 0.25) is 0 Å². The molecule has 0 aromatic heterocycles. The lowest BCUT2D eigenvalue weighted by molar-refractivity contribution is -0.147. The van der Waals surface area contributed by atoms with Crippen molar-refractivity contribution in [3.63, 3.8) is 0 Å². The summed E-state index contributed by atoms with van der Waals surface area (Å²) in [4.78, 5) is 11.8. The third kappa shape index (κ3) is 3.08. The van der Waals surface area contributed by atoms with Crippen LogP contribution >= 0.6 is 0 Å². The van der Waals surface area contributed by atoms with E-state index in [1.807, 2.05) is 6.08 Å². The smallest absolute Gasteiger partial charge is 0.416 e. The highest BCUT2D eigenvalue weighted by Gasteiger charge is 2.42. The van der Waals surface area contributed by atoms with Crippen LogP contribution in [0.25, 0.3) is 0 Å². The molecule has 1 aromatic carbocycles. The van der Waals surface area contributed by atoms with E-state index in [0.717, 1.165) is 18.6 Å². The molecular formula is C17H17F3O2. The van der Waals surface area contributed by atoms with Crippen LogP contribution in [0.15, 0.2) is 48.6 Å². The maximum atomic E-state index is 12.8. The van der Waals surface area contributed by atoms with Crippen LogP contribution in [0.3, 0.4) is 0 Å². The molecule has 0 amide bonds. The summed E-state index contributed by atoms with van der Waals surface area (Å²) in [6.07, 6.45) is 0.775. The van der Waals surface area contributed by atoms with Crippen molar-refractivity contribution in [3.8, 4) is 0 Å². The first-order valence-electron chi connectivity index (χ1n) is 7.02. The maximum absolute atomic E-state index is 12.8. The van der Waals surface area contributed by atoms with Gasteiger partial charge in [-0.2, -0.15) is 13.2 Å². The Hall–Kier alpha value is -2.04. The van der Waals surface area contributed by atoms with E-state index in [2.05, 4.69) is 6.58 Å². The number of alkyl halides is 3. The van der Waals surface area contributed by atoms with Crippen LogP contribution in [-0.4, -0.2) is 11.1 Å². The van der Waals surface area contributed by atoms with Crippen molar-refractivity contribution < 1.29 is 23.1 Å². The lowest BCUT2D eigenvalue weighted by atomic mass is 9.68. The summed E-state index contributed by atoms with van der Waals surface area (Å²) in [6, 6.07) is 4.87. The molecule has 0 saturated heterocycles. The van der Waals surface area contributed by atoms with Crippen molar-refractivity contribution in [1.29, 1.82) is 0 Å². The van der Waals surface area contributed by atoms with Gasteiger partial charge in [0.2, 0.25) is 0 Å². The number of rotatable bonds is 4. The Labute approximate surface area is 127 Å². The second-order valence-electron chi connectivity index (χ2n) is 5.52. The molecule has 0 aliphatic heterocycles. The van der Waals surface area contributed by atoms with Crippen molar-refractivity contribution >= 4 is 5.97 Å². The van der Waals surface area contributed by atoms with Gasteiger partial charge >= 0.3 is 12.1 Å². The molecule has 0 fully saturated rings. The van der Waals surface area contributed by atoms with Gasteiger partial charge in [-0.05, 0) is 42.9 Å². The van der Waals surface area contributed by atoms with Crippen molar-refractivity contribution in [1.82, 2.24) is 0 Å². The molecule has 118 valence electrons. The molecule has 1 aromatic rings. The minimum Gasteiger partial charge on any atom is -0.481 e. The number of halogens is 3. The zero-order chi connectivity index (χ0) is 16.4. The van der Waals surface area contributed by atoms with Gasteiger partial charge in [-0.3, -0.25) is 4.79 Å². The topological polar surface area (TPSA) is 37.3 Å². The average molecular weight is 310 g/mol. The highest BCUT2D eigenvalue weighted by Crippen LogP contribution is 2.42. The van der Waals surface area contributed by atoms with Crippen LogP contribution < -0.4 is 0 Å². The first-order chi connectivity index (χ1) is 10.3. The third-order valence-corrected chi connectivity index (χ3v) is 4.11. The molecule has 1 aliphatic carbocycles. The van der Waals surface area contributed by atoms with Crippen molar-refractivity contribution in [2.24, 2.45) is 5.41 Å². The maximum Gasteiger partial charge on any atom is 0.416 e. The quantitative estimate of drug-likeness (QED) is 0.881. The largest absolute Gasteiger partial charge is 0.481 e. The van der Waals surface area contributed by atoms with E-state index in [4.69, 9.17) is 0 Å². The molecule has 1 aliphatic rings. The molecule has 1 atom stereocenters. The van der Waals surface area contributed by atoms with E-state index < -0.39 is 23.1 Å². The van der Waals surface area contributed by atoms with E-state index in [-0.39, 0.29) is 6.42 Å². The van der Waals surface area contributed by atoms with Crippen molar-refractivity contribution in [2.45, 2.75) is 31.9 Å². The summed E-state index contributed by atoms with van der Waals surface area (Å²) in [5, 5.41) is 9.67. The molecule has 0 bridgehead atoms. The van der Waals surface area contributed by atoms with Gasteiger partial charge in [0.05, 0.1) is 11.0 Å². The number of allylic oxidation sites excluding steroid dienone is 2. The van der Waals surface area contributed by atoms with Gasteiger partial charge in [0.15, 0.2) is 0 Å². The molecule has 2 nitrogen and oxygen atoms in total. The summed E-state index contributed by atoms with van der Waals surface area (Å²) in [5.74, 6) is -1.02. The number of carboxylic acid groups (broad SMARTS) is 1. The van der Waals surface area contributed by atoms with E-state index in [9.17, 15) is 23.1 Å². The average Bonchev–Trinajstić information content (AvgIpc) is 2.47. The second kappa shape index (κ2) is 5.99. The second-order valence-corrected chi connectivity index (χ2v) is 5.52.